The number of primary amides is 1. The molecule has 0 saturated carbocycles. The number of carbonyl (C=O) groups is 1. The Morgan fingerprint density at radius 1 is 1.00 bits per heavy atom. The van der Waals surface area contributed by atoms with Gasteiger partial charge in [-0.1, -0.05) is 45.4 Å². The van der Waals surface area contributed by atoms with Crippen LogP contribution in [0.4, 0.5) is 0 Å². The number of carbonyl (C=O) groups excluding carboxylic acids is 1. The number of nitrogens with two attached hydrogens (primary N) is 1. The minimum atomic E-state index is -0.163. The maximum atomic E-state index is 10.4. The third kappa shape index (κ3) is 14.9. The van der Waals surface area contributed by atoms with Crippen molar-refractivity contribution < 1.29 is 4.79 Å². The quantitative estimate of drug-likeness (QED) is 0.449. The van der Waals surface area contributed by atoms with Crippen molar-refractivity contribution in [2.45, 2.75) is 58.3 Å². The summed E-state index contributed by atoms with van der Waals surface area (Å²) in [4.78, 5) is 10.4. The molecule has 1 amide bonds. The molecule has 0 saturated heterocycles. The number of hydrogen-bond acceptors (Lipinski definition) is 1. The molecule has 0 bridgehead atoms. The molecule has 0 atom stereocenters. The fourth-order valence-electron chi connectivity index (χ4n) is 1.26. The van der Waals surface area contributed by atoms with E-state index in [0.29, 0.717) is 6.42 Å². The number of amides is 1. The normalized spacial score (nSPS) is 9.31. The molecule has 74 valence electrons. The number of hydrogen-bond donors (Lipinski definition) is 1. The van der Waals surface area contributed by atoms with Crippen molar-refractivity contribution in [2.75, 3.05) is 0 Å². The van der Waals surface area contributed by atoms with Gasteiger partial charge in [-0.15, -0.1) is 0 Å². The fraction of sp³-hybridized carbons (Fsp3) is 0.900. The van der Waals surface area contributed by atoms with Gasteiger partial charge in [0, 0.05) is 6.42 Å². The Balaban J connectivity index is 0. The summed E-state index contributed by atoms with van der Waals surface area (Å²) in [7, 11) is 0. The number of rotatable bonds is 8. The van der Waals surface area contributed by atoms with Crippen LogP contribution in [-0.2, 0) is 4.79 Å². The van der Waals surface area contributed by atoms with Crippen molar-refractivity contribution in [3.63, 3.8) is 0 Å². The summed E-state index contributed by atoms with van der Waals surface area (Å²) in [5.74, 6) is -0.163. The van der Waals surface area contributed by atoms with E-state index in [0.717, 1.165) is 12.8 Å². The Morgan fingerprint density at radius 3 is 1.92 bits per heavy atom. The first-order chi connectivity index (χ1) is 5.77. The molecule has 0 radical (unpaired) electrons. The summed E-state index contributed by atoms with van der Waals surface area (Å²) in [6, 6.07) is 0. The van der Waals surface area contributed by atoms with Crippen LogP contribution in [0.5, 0.6) is 0 Å². The van der Waals surface area contributed by atoms with Gasteiger partial charge in [-0.3, -0.25) is 4.79 Å². The van der Waals surface area contributed by atoms with E-state index in [1.54, 1.807) is 0 Å². The number of unbranched alkanes of at least 4 members (excludes halogenated alkanes) is 6. The predicted octanol–water partition coefficient (Wildman–Crippen LogP) is 1.96. The van der Waals surface area contributed by atoms with Gasteiger partial charge in [-0.2, -0.15) is 0 Å². The third-order valence-electron chi connectivity index (χ3n) is 2.03. The second kappa shape index (κ2) is 12.1. The van der Waals surface area contributed by atoms with E-state index in [2.05, 4.69) is 6.92 Å². The van der Waals surface area contributed by atoms with Crippen molar-refractivity contribution in [3.05, 3.63) is 0 Å². The molecular weight excluding hydrogens is 157 g/mol. The average molecular weight is 179 g/mol. The van der Waals surface area contributed by atoms with E-state index in [-0.39, 0.29) is 24.8 Å². The monoisotopic (exact) mass is 179 g/mol. The summed E-state index contributed by atoms with van der Waals surface area (Å²) >= 11 is 0. The zero-order valence-electron chi connectivity index (χ0n) is 8.14. The Labute approximate surface area is 93.8 Å². The topological polar surface area (TPSA) is 43.1 Å². The molecule has 0 aliphatic rings. The first-order valence-electron chi connectivity index (χ1n) is 5.05. The molecule has 0 rings (SSSR count). The van der Waals surface area contributed by atoms with Gasteiger partial charge in [0.05, 0.1) is 0 Å². The fourth-order valence-corrected chi connectivity index (χ4v) is 1.26. The van der Waals surface area contributed by atoms with E-state index in [9.17, 15) is 4.79 Å². The van der Waals surface area contributed by atoms with Crippen molar-refractivity contribution >= 4 is 24.8 Å². The second-order valence-corrected chi connectivity index (χ2v) is 3.34. The summed E-state index contributed by atoms with van der Waals surface area (Å²) in [6.07, 6.45) is 9.24. The Bertz CT molecular complexity index is 117. The molecule has 0 unspecified atom stereocenters. The Kier molecular flexibility index (Phi) is 14.4. The standard InChI is InChI=1S/C10H21NO.Li.H/c1-2-3-4-5-6-7-8-9-10(11)12;;/h2-9H2,1H3,(H2,11,12);;. The molecule has 0 heterocycles. The van der Waals surface area contributed by atoms with Crippen LogP contribution in [-0.4, -0.2) is 24.8 Å². The van der Waals surface area contributed by atoms with E-state index >= 15 is 0 Å². The molecule has 0 aliphatic carbocycles. The molecule has 0 spiro atoms. The van der Waals surface area contributed by atoms with E-state index < -0.39 is 0 Å². The van der Waals surface area contributed by atoms with Crippen LogP contribution in [0.25, 0.3) is 0 Å². The van der Waals surface area contributed by atoms with Gasteiger partial charge in [0.25, 0.3) is 0 Å². The average Bonchev–Trinajstić information content (AvgIpc) is 2.02. The summed E-state index contributed by atoms with van der Waals surface area (Å²) < 4.78 is 0. The van der Waals surface area contributed by atoms with Crippen LogP contribution in [0, 0.1) is 0 Å². The first-order valence-corrected chi connectivity index (χ1v) is 5.05. The molecule has 13 heavy (non-hydrogen) atoms. The summed E-state index contributed by atoms with van der Waals surface area (Å²) in [5.41, 5.74) is 5.02. The maximum absolute atomic E-state index is 10.4. The molecule has 0 aromatic carbocycles. The Hall–Kier alpha value is 0.0674. The van der Waals surface area contributed by atoms with Crippen LogP contribution in [0.15, 0.2) is 0 Å². The van der Waals surface area contributed by atoms with Crippen LogP contribution < -0.4 is 5.73 Å². The predicted molar refractivity (Wildman–Crippen MR) is 59.0 cm³/mol. The van der Waals surface area contributed by atoms with Gasteiger partial charge in [-0.05, 0) is 6.42 Å². The van der Waals surface area contributed by atoms with Gasteiger partial charge < -0.3 is 5.73 Å². The summed E-state index contributed by atoms with van der Waals surface area (Å²) in [5, 5.41) is 0. The zero-order valence-corrected chi connectivity index (χ0v) is 8.14. The van der Waals surface area contributed by atoms with E-state index in [4.69, 9.17) is 5.73 Å². The SMILES string of the molecule is CCCCCCCCCC(N)=O.[LiH]. The van der Waals surface area contributed by atoms with Crippen molar-refractivity contribution in [1.82, 2.24) is 0 Å². The van der Waals surface area contributed by atoms with Gasteiger partial charge in [0.15, 0.2) is 0 Å². The van der Waals surface area contributed by atoms with E-state index in [1.165, 1.54) is 32.1 Å². The van der Waals surface area contributed by atoms with Crippen molar-refractivity contribution in [3.8, 4) is 0 Å². The van der Waals surface area contributed by atoms with Gasteiger partial charge in [0.1, 0.15) is 0 Å². The molecule has 0 fully saturated rings. The summed E-state index contributed by atoms with van der Waals surface area (Å²) in [6.45, 7) is 2.22. The van der Waals surface area contributed by atoms with Gasteiger partial charge in [-0.25, -0.2) is 0 Å². The minimum absolute atomic E-state index is 0. The second-order valence-electron chi connectivity index (χ2n) is 3.34. The molecule has 3 heteroatoms. The first kappa shape index (κ1) is 15.5. The van der Waals surface area contributed by atoms with E-state index in [1.807, 2.05) is 0 Å². The molecule has 0 aromatic rings. The molecular formula is C10H22LiNO. The molecule has 0 aromatic heterocycles. The van der Waals surface area contributed by atoms with Crippen LogP contribution in [0.1, 0.15) is 58.3 Å². The van der Waals surface area contributed by atoms with Crippen LogP contribution in [0.3, 0.4) is 0 Å². The zero-order chi connectivity index (χ0) is 9.23. The Morgan fingerprint density at radius 2 is 1.46 bits per heavy atom. The van der Waals surface area contributed by atoms with Crippen LogP contribution in [0.2, 0.25) is 0 Å². The molecule has 2 nitrogen and oxygen atoms in total. The van der Waals surface area contributed by atoms with Crippen molar-refractivity contribution in [2.24, 2.45) is 5.73 Å². The van der Waals surface area contributed by atoms with Crippen LogP contribution >= 0.6 is 0 Å². The molecule has 2 N–H and O–H groups in total. The van der Waals surface area contributed by atoms with Gasteiger partial charge in [0.2, 0.25) is 5.91 Å². The molecule has 0 aliphatic heterocycles. The van der Waals surface area contributed by atoms with Gasteiger partial charge >= 0.3 is 18.9 Å². The van der Waals surface area contributed by atoms with Crippen molar-refractivity contribution in [1.29, 1.82) is 0 Å². The third-order valence-corrected chi connectivity index (χ3v) is 2.03.